The largest absolute Gasteiger partial charge is 0.317 e. The van der Waals surface area contributed by atoms with Crippen LogP contribution in [0.5, 0.6) is 0 Å². The van der Waals surface area contributed by atoms with Crippen LogP contribution in [0.1, 0.15) is 49.2 Å². The summed E-state index contributed by atoms with van der Waals surface area (Å²) in [7, 11) is 4.31. The molecule has 1 N–H and O–H groups in total. The summed E-state index contributed by atoms with van der Waals surface area (Å²) >= 11 is 0. The van der Waals surface area contributed by atoms with E-state index in [0.717, 1.165) is 6.54 Å². The molecular weight excluding hydrogens is 236 g/mol. The topological polar surface area (TPSA) is 33.1 Å². The summed E-state index contributed by atoms with van der Waals surface area (Å²) in [6.45, 7) is 8.93. The molecular formula is C15H28N4. The molecule has 108 valence electrons. The number of aryl methyl sites for hydroxylation is 2. The van der Waals surface area contributed by atoms with Gasteiger partial charge in [-0.05, 0) is 60.2 Å². The average molecular weight is 264 g/mol. The molecule has 4 nitrogen and oxygen atoms in total. The Kier molecular flexibility index (Phi) is 4.63. The molecule has 2 rings (SSSR count). The summed E-state index contributed by atoms with van der Waals surface area (Å²) in [4.78, 5) is 2.55. The predicted molar refractivity (Wildman–Crippen MR) is 79.4 cm³/mol. The van der Waals surface area contributed by atoms with E-state index in [0.29, 0.717) is 12.1 Å². The summed E-state index contributed by atoms with van der Waals surface area (Å²) in [6.07, 6.45) is 3.83. The first kappa shape index (κ1) is 14.5. The second-order valence-corrected chi connectivity index (χ2v) is 5.88. The SMILES string of the molecule is Cc1nn(C)c(C)c1C(C)N(C)C1CCCNCC1. The second kappa shape index (κ2) is 6.06. The Morgan fingerprint density at radius 3 is 2.68 bits per heavy atom. The quantitative estimate of drug-likeness (QED) is 0.908. The third kappa shape index (κ3) is 3.00. The van der Waals surface area contributed by atoms with E-state index < -0.39 is 0 Å². The number of hydrogen-bond acceptors (Lipinski definition) is 3. The van der Waals surface area contributed by atoms with E-state index in [9.17, 15) is 0 Å². The molecule has 2 atom stereocenters. The number of hydrogen-bond donors (Lipinski definition) is 1. The van der Waals surface area contributed by atoms with E-state index >= 15 is 0 Å². The highest BCUT2D eigenvalue weighted by molar-refractivity contribution is 5.27. The molecule has 0 saturated carbocycles. The van der Waals surface area contributed by atoms with Crippen LogP contribution < -0.4 is 5.32 Å². The normalized spacial score (nSPS) is 22.5. The van der Waals surface area contributed by atoms with Crippen molar-refractivity contribution in [3.05, 3.63) is 17.0 Å². The van der Waals surface area contributed by atoms with Crippen molar-refractivity contribution in [2.24, 2.45) is 7.05 Å². The van der Waals surface area contributed by atoms with Crippen LogP contribution in [0.4, 0.5) is 0 Å². The van der Waals surface area contributed by atoms with Gasteiger partial charge in [0.05, 0.1) is 5.69 Å². The maximum Gasteiger partial charge on any atom is 0.0644 e. The third-order valence-electron chi connectivity index (χ3n) is 4.71. The van der Waals surface area contributed by atoms with Crippen molar-refractivity contribution in [2.45, 2.75) is 52.1 Å². The van der Waals surface area contributed by atoms with Gasteiger partial charge < -0.3 is 5.32 Å². The fraction of sp³-hybridized carbons (Fsp3) is 0.800. The lowest BCUT2D eigenvalue weighted by Crippen LogP contribution is -2.35. The van der Waals surface area contributed by atoms with Crippen LogP contribution in [-0.4, -0.2) is 40.9 Å². The lowest BCUT2D eigenvalue weighted by Gasteiger charge is -2.33. The molecule has 0 spiro atoms. The van der Waals surface area contributed by atoms with E-state index in [1.807, 2.05) is 11.7 Å². The summed E-state index contributed by atoms with van der Waals surface area (Å²) in [5, 5.41) is 8.05. The van der Waals surface area contributed by atoms with Crippen molar-refractivity contribution in [3.63, 3.8) is 0 Å². The van der Waals surface area contributed by atoms with Crippen LogP contribution in [0, 0.1) is 13.8 Å². The molecule has 0 bridgehead atoms. The van der Waals surface area contributed by atoms with Crippen LogP contribution in [0.15, 0.2) is 0 Å². The van der Waals surface area contributed by atoms with Gasteiger partial charge in [-0.2, -0.15) is 5.10 Å². The van der Waals surface area contributed by atoms with Crippen molar-refractivity contribution >= 4 is 0 Å². The Morgan fingerprint density at radius 1 is 1.32 bits per heavy atom. The summed E-state index contributed by atoms with van der Waals surface area (Å²) in [6, 6.07) is 1.13. The molecule has 4 heteroatoms. The van der Waals surface area contributed by atoms with Crippen LogP contribution in [0.2, 0.25) is 0 Å². The Bertz CT molecular complexity index is 416. The van der Waals surface area contributed by atoms with Crippen molar-refractivity contribution in [1.29, 1.82) is 0 Å². The van der Waals surface area contributed by atoms with E-state index in [1.165, 1.54) is 42.8 Å². The predicted octanol–water partition coefficient (Wildman–Crippen LogP) is 2.17. The smallest absolute Gasteiger partial charge is 0.0644 e. The van der Waals surface area contributed by atoms with Crippen molar-refractivity contribution < 1.29 is 0 Å². The average Bonchev–Trinajstić information content (AvgIpc) is 2.62. The number of rotatable bonds is 3. The number of aromatic nitrogens is 2. The van der Waals surface area contributed by atoms with Gasteiger partial charge in [-0.3, -0.25) is 9.58 Å². The highest BCUT2D eigenvalue weighted by Crippen LogP contribution is 2.28. The van der Waals surface area contributed by atoms with E-state index in [1.54, 1.807) is 0 Å². The number of nitrogens with zero attached hydrogens (tertiary/aromatic N) is 3. The van der Waals surface area contributed by atoms with Crippen molar-refractivity contribution in [1.82, 2.24) is 20.0 Å². The molecule has 0 aliphatic carbocycles. The van der Waals surface area contributed by atoms with Gasteiger partial charge in [-0.25, -0.2) is 0 Å². The van der Waals surface area contributed by atoms with Gasteiger partial charge >= 0.3 is 0 Å². The standard InChI is InChI=1S/C15H28N4/c1-11-15(13(3)19(5)17-11)12(2)18(4)14-7-6-9-16-10-8-14/h12,14,16H,6-10H2,1-5H3. The molecule has 1 aliphatic heterocycles. The maximum absolute atomic E-state index is 4.56. The third-order valence-corrected chi connectivity index (χ3v) is 4.71. The fourth-order valence-corrected chi connectivity index (χ4v) is 3.32. The number of nitrogens with one attached hydrogen (secondary N) is 1. The zero-order valence-electron chi connectivity index (χ0n) is 13.0. The summed E-state index contributed by atoms with van der Waals surface area (Å²) in [5.41, 5.74) is 3.87. The molecule has 0 amide bonds. The van der Waals surface area contributed by atoms with Crippen LogP contribution >= 0.6 is 0 Å². The minimum Gasteiger partial charge on any atom is -0.317 e. The molecule has 2 unspecified atom stereocenters. The van der Waals surface area contributed by atoms with Gasteiger partial charge in [0.2, 0.25) is 0 Å². The van der Waals surface area contributed by atoms with Crippen LogP contribution in [0.3, 0.4) is 0 Å². The first-order valence-corrected chi connectivity index (χ1v) is 7.45. The molecule has 19 heavy (non-hydrogen) atoms. The highest BCUT2D eigenvalue weighted by Gasteiger charge is 2.25. The van der Waals surface area contributed by atoms with Gasteiger partial charge in [0.25, 0.3) is 0 Å². The lowest BCUT2D eigenvalue weighted by molar-refractivity contribution is 0.170. The zero-order valence-corrected chi connectivity index (χ0v) is 13.0. The minimum atomic E-state index is 0.441. The molecule has 1 aliphatic rings. The Labute approximate surface area is 117 Å². The van der Waals surface area contributed by atoms with Crippen molar-refractivity contribution in [3.8, 4) is 0 Å². The summed E-state index contributed by atoms with van der Waals surface area (Å²) in [5.74, 6) is 0. The molecule has 1 fully saturated rings. The molecule has 0 radical (unpaired) electrons. The van der Waals surface area contributed by atoms with Gasteiger partial charge in [0.1, 0.15) is 0 Å². The van der Waals surface area contributed by atoms with E-state index in [-0.39, 0.29) is 0 Å². The minimum absolute atomic E-state index is 0.441. The van der Waals surface area contributed by atoms with Gasteiger partial charge in [-0.1, -0.05) is 0 Å². The molecule has 2 heterocycles. The fourth-order valence-electron chi connectivity index (χ4n) is 3.32. The monoisotopic (exact) mass is 264 g/mol. The second-order valence-electron chi connectivity index (χ2n) is 5.88. The van der Waals surface area contributed by atoms with E-state index in [4.69, 9.17) is 0 Å². The Morgan fingerprint density at radius 2 is 2.05 bits per heavy atom. The van der Waals surface area contributed by atoms with E-state index in [2.05, 4.69) is 43.1 Å². The van der Waals surface area contributed by atoms with Gasteiger partial charge in [0, 0.05) is 30.4 Å². The molecule has 0 aromatic carbocycles. The van der Waals surface area contributed by atoms with Gasteiger partial charge in [-0.15, -0.1) is 0 Å². The molecule has 1 aromatic rings. The first-order valence-electron chi connectivity index (χ1n) is 7.45. The summed E-state index contributed by atoms with van der Waals surface area (Å²) < 4.78 is 2.00. The molecule has 1 saturated heterocycles. The Balaban J connectivity index is 2.15. The maximum atomic E-state index is 4.56. The van der Waals surface area contributed by atoms with Gasteiger partial charge in [0.15, 0.2) is 0 Å². The molecule has 1 aromatic heterocycles. The zero-order chi connectivity index (χ0) is 14.0. The first-order chi connectivity index (χ1) is 9.02. The highest BCUT2D eigenvalue weighted by atomic mass is 15.3. The van der Waals surface area contributed by atoms with Crippen LogP contribution in [-0.2, 0) is 7.05 Å². The lowest BCUT2D eigenvalue weighted by atomic mass is 10.0. The Hall–Kier alpha value is -0.870. The van der Waals surface area contributed by atoms with Crippen molar-refractivity contribution in [2.75, 3.05) is 20.1 Å². The van der Waals surface area contributed by atoms with Crippen LogP contribution in [0.25, 0.3) is 0 Å².